The first-order valence-corrected chi connectivity index (χ1v) is 5.79. The second kappa shape index (κ2) is 5.39. The highest BCUT2D eigenvalue weighted by molar-refractivity contribution is 6.06. The number of rotatable bonds is 2. The monoisotopic (exact) mass is 258 g/mol. The van der Waals surface area contributed by atoms with Gasteiger partial charge in [0.25, 0.3) is 5.91 Å². The quantitative estimate of drug-likeness (QED) is 0.870. The van der Waals surface area contributed by atoms with Crippen LogP contribution in [0.25, 0.3) is 0 Å². The molecule has 1 aromatic carbocycles. The molecular formula is C14H14N2O3. The number of hydrogen-bond acceptors (Lipinski definition) is 3. The van der Waals surface area contributed by atoms with Crippen LogP contribution >= 0.6 is 0 Å². The van der Waals surface area contributed by atoms with Gasteiger partial charge in [-0.25, -0.2) is 4.79 Å². The van der Waals surface area contributed by atoms with Crippen LogP contribution in [0.3, 0.4) is 0 Å². The zero-order valence-corrected chi connectivity index (χ0v) is 10.7. The molecule has 0 saturated carbocycles. The first-order valence-electron chi connectivity index (χ1n) is 5.79. The third-order valence-electron chi connectivity index (χ3n) is 2.61. The molecule has 0 saturated heterocycles. The van der Waals surface area contributed by atoms with E-state index in [1.165, 1.54) is 12.3 Å². The SMILES string of the molecule is Cc1ccc(C)c(NC(=O)NC(=O)c2ccco2)c1. The zero-order valence-electron chi connectivity index (χ0n) is 10.7. The average molecular weight is 258 g/mol. The lowest BCUT2D eigenvalue weighted by atomic mass is 10.1. The van der Waals surface area contributed by atoms with Gasteiger partial charge in [0.15, 0.2) is 5.76 Å². The number of hydrogen-bond donors (Lipinski definition) is 2. The fourth-order valence-corrected chi connectivity index (χ4v) is 1.60. The number of carbonyl (C=O) groups is 2. The highest BCUT2D eigenvalue weighted by Crippen LogP contribution is 2.16. The number of imide groups is 1. The standard InChI is InChI=1S/C14H14N2O3/c1-9-5-6-10(2)11(8-9)15-14(18)16-13(17)12-4-3-7-19-12/h3-8H,1-2H3,(H2,15,16,17,18). The average Bonchev–Trinajstić information content (AvgIpc) is 2.87. The van der Waals surface area contributed by atoms with Gasteiger partial charge in [-0.05, 0) is 43.2 Å². The number of anilines is 1. The molecular weight excluding hydrogens is 244 g/mol. The van der Waals surface area contributed by atoms with Crippen molar-refractivity contribution in [2.75, 3.05) is 5.32 Å². The van der Waals surface area contributed by atoms with Crippen molar-refractivity contribution in [1.82, 2.24) is 5.32 Å². The Kier molecular flexibility index (Phi) is 3.66. The van der Waals surface area contributed by atoms with Crippen molar-refractivity contribution in [1.29, 1.82) is 0 Å². The summed E-state index contributed by atoms with van der Waals surface area (Å²) in [6.45, 7) is 3.81. The van der Waals surface area contributed by atoms with Gasteiger partial charge in [0.2, 0.25) is 0 Å². The number of amides is 3. The molecule has 2 N–H and O–H groups in total. The lowest BCUT2D eigenvalue weighted by Gasteiger charge is -2.09. The van der Waals surface area contributed by atoms with Gasteiger partial charge in [-0.1, -0.05) is 12.1 Å². The Hall–Kier alpha value is -2.56. The van der Waals surface area contributed by atoms with Crippen LogP contribution in [-0.2, 0) is 0 Å². The molecule has 1 aromatic heterocycles. The highest BCUT2D eigenvalue weighted by Gasteiger charge is 2.13. The van der Waals surface area contributed by atoms with E-state index in [0.717, 1.165) is 11.1 Å². The summed E-state index contributed by atoms with van der Waals surface area (Å²) >= 11 is 0. The van der Waals surface area contributed by atoms with Crippen molar-refractivity contribution < 1.29 is 14.0 Å². The number of benzene rings is 1. The minimum atomic E-state index is -0.588. The van der Waals surface area contributed by atoms with Gasteiger partial charge in [-0.2, -0.15) is 0 Å². The normalized spacial score (nSPS) is 10.0. The molecule has 1 heterocycles. The molecule has 98 valence electrons. The molecule has 5 heteroatoms. The number of urea groups is 1. The van der Waals surface area contributed by atoms with Crippen molar-refractivity contribution in [3.8, 4) is 0 Å². The number of furan rings is 1. The van der Waals surface area contributed by atoms with Crippen molar-refractivity contribution >= 4 is 17.6 Å². The van der Waals surface area contributed by atoms with E-state index in [4.69, 9.17) is 4.42 Å². The molecule has 3 amide bonds. The number of aryl methyl sites for hydroxylation is 2. The summed E-state index contributed by atoms with van der Waals surface area (Å²) in [5.41, 5.74) is 2.62. The maximum absolute atomic E-state index is 11.7. The fourth-order valence-electron chi connectivity index (χ4n) is 1.60. The largest absolute Gasteiger partial charge is 0.459 e. The zero-order chi connectivity index (χ0) is 13.8. The van der Waals surface area contributed by atoms with Gasteiger partial charge in [0, 0.05) is 5.69 Å². The minimum absolute atomic E-state index is 0.0936. The molecule has 0 aliphatic rings. The molecule has 0 aliphatic heterocycles. The Morgan fingerprint density at radius 3 is 2.63 bits per heavy atom. The molecule has 0 atom stereocenters. The summed E-state index contributed by atoms with van der Waals surface area (Å²) in [6, 6.07) is 8.17. The first kappa shape index (κ1) is 12.9. The van der Waals surface area contributed by atoms with Gasteiger partial charge in [-0.15, -0.1) is 0 Å². The summed E-state index contributed by atoms with van der Waals surface area (Å²) in [4.78, 5) is 23.3. The van der Waals surface area contributed by atoms with Crippen LogP contribution in [0, 0.1) is 13.8 Å². The Morgan fingerprint density at radius 1 is 1.16 bits per heavy atom. The van der Waals surface area contributed by atoms with Crippen molar-refractivity contribution in [3.63, 3.8) is 0 Å². The van der Waals surface area contributed by atoms with Gasteiger partial charge in [0.05, 0.1) is 6.26 Å². The number of nitrogens with one attached hydrogen (secondary N) is 2. The third-order valence-corrected chi connectivity index (χ3v) is 2.61. The van der Waals surface area contributed by atoms with Crippen LogP contribution < -0.4 is 10.6 Å². The lowest BCUT2D eigenvalue weighted by molar-refractivity contribution is 0.0940. The first-order chi connectivity index (χ1) is 9.06. The van der Waals surface area contributed by atoms with E-state index in [0.29, 0.717) is 5.69 Å². The predicted molar refractivity (Wildman–Crippen MR) is 71.1 cm³/mol. The minimum Gasteiger partial charge on any atom is -0.459 e. The van der Waals surface area contributed by atoms with Crippen molar-refractivity contribution in [2.45, 2.75) is 13.8 Å². The molecule has 0 spiro atoms. The maximum Gasteiger partial charge on any atom is 0.326 e. The van der Waals surface area contributed by atoms with Crippen LogP contribution in [0.5, 0.6) is 0 Å². The maximum atomic E-state index is 11.7. The fraction of sp³-hybridized carbons (Fsp3) is 0.143. The van der Waals surface area contributed by atoms with Gasteiger partial charge < -0.3 is 9.73 Å². The molecule has 19 heavy (non-hydrogen) atoms. The molecule has 5 nitrogen and oxygen atoms in total. The molecule has 2 rings (SSSR count). The van der Waals surface area contributed by atoms with E-state index in [1.807, 2.05) is 32.0 Å². The summed E-state index contributed by atoms with van der Waals surface area (Å²) < 4.78 is 4.90. The molecule has 2 aromatic rings. The molecule has 0 bridgehead atoms. The summed E-state index contributed by atoms with van der Waals surface area (Å²) in [6.07, 6.45) is 1.37. The smallest absolute Gasteiger partial charge is 0.326 e. The Bertz CT molecular complexity index is 603. The van der Waals surface area contributed by atoms with E-state index in [1.54, 1.807) is 6.07 Å². The lowest BCUT2D eigenvalue weighted by Crippen LogP contribution is -2.34. The molecule has 0 radical (unpaired) electrons. The second-order valence-electron chi connectivity index (χ2n) is 4.20. The van der Waals surface area contributed by atoms with E-state index in [-0.39, 0.29) is 5.76 Å². The van der Waals surface area contributed by atoms with Gasteiger partial charge >= 0.3 is 6.03 Å². The number of carbonyl (C=O) groups excluding carboxylic acids is 2. The molecule has 0 fully saturated rings. The van der Waals surface area contributed by atoms with Gasteiger partial charge in [-0.3, -0.25) is 10.1 Å². The molecule has 0 unspecified atom stereocenters. The van der Waals surface area contributed by atoms with Crippen LogP contribution in [0.1, 0.15) is 21.7 Å². The Balaban J connectivity index is 2.02. The van der Waals surface area contributed by atoms with E-state index in [2.05, 4.69) is 10.6 Å². The van der Waals surface area contributed by atoms with E-state index >= 15 is 0 Å². The third kappa shape index (κ3) is 3.22. The highest BCUT2D eigenvalue weighted by atomic mass is 16.3. The van der Waals surface area contributed by atoms with Crippen LogP contribution in [0.15, 0.2) is 41.0 Å². The van der Waals surface area contributed by atoms with E-state index < -0.39 is 11.9 Å². The summed E-state index contributed by atoms with van der Waals surface area (Å²) in [5.74, 6) is -0.482. The van der Waals surface area contributed by atoms with Crippen LogP contribution in [0.2, 0.25) is 0 Å². The predicted octanol–water partition coefficient (Wildman–Crippen LogP) is 2.86. The molecule has 0 aliphatic carbocycles. The van der Waals surface area contributed by atoms with Gasteiger partial charge in [0.1, 0.15) is 0 Å². The van der Waals surface area contributed by atoms with Crippen molar-refractivity contribution in [3.05, 3.63) is 53.5 Å². The van der Waals surface area contributed by atoms with Crippen LogP contribution in [-0.4, -0.2) is 11.9 Å². The second-order valence-corrected chi connectivity index (χ2v) is 4.20. The summed E-state index contributed by atoms with van der Waals surface area (Å²) in [7, 11) is 0. The Labute approximate surface area is 110 Å². The van der Waals surface area contributed by atoms with E-state index in [9.17, 15) is 9.59 Å². The summed E-state index contributed by atoms with van der Waals surface area (Å²) in [5, 5.41) is 4.83. The van der Waals surface area contributed by atoms with Crippen LogP contribution in [0.4, 0.5) is 10.5 Å². The Morgan fingerprint density at radius 2 is 1.95 bits per heavy atom. The topological polar surface area (TPSA) is 71.3 Å². The van der Waals surface area contributed by atoms with Crippen molar-refractivity contribution in [2.24, 2.45) is 0 Å².